The molecule has 2 aliphatic rings. The van der Waals surface area contributed by atoms with Gasteiger partial charge in [0.25, 0.3) is 0 Å². The molecule has 2 heterocycles. The van der Waals surface area contributed by atoms with Gasteiger partial charge in [-0.05, 0) is 26.7 Å². The van der Waals surface area contributed by atoms with E-state index in [2.05, 4.69) is 39.1 Å². The van der Waals surface area contributed by atoms with Crippen LogP contribution in [-0.2, 0) is 15.8 Å². The van der Waals surface area contributed by atoms with Crippen molar-refractivity contribution in [2.75, 3.05) is 46.3 Å². The highest BCUT2D eigenvalue weighted by Crippen LogP contribution is 2.27. The van der Waals surface area contributed by atoms with E-state index in [0.717, 1.165) is 25.1 Å². The first-order valence-electron chi connectivity index (χ1n) is 9.99. The summed E-state index contributed by atoms with van der Waals surface area (Å²) in [4.78, 5) is 9.04. The van der Waals surface area contributed by atoms with Crippen molar-refractivity contribution in [3.8, 4) is 0 Å². The van der Waals surface area contributed by atoms with Crippen molar-refractivity contribution in [3.05, 3.63) is 18.0 Å². The fourth-order valence-electron chi connectivity index (χ4n) is 3.67. The van der Waals surface area contributed by atoms with Gasteiger partial charge in [0.15, 0.2) is 5.96 Å². The predicted molar refractivity (Wildman–Crippen MR) is 108 cm³/mol. The monoisotopic (exact) mass is 412 g/mol. The Morgan fingerprint density at radius 3 is 2.61 bits per heavy atom. The van der Waals surface area contributed by atoms with Gasteiger partial charge < -0.3 is 14.7 Å². The SMILES string of the molecule is CN=C(NCCN(C(C)C)C1CC1)N1CCN(S(=O)(=O)Cc2ccon2)CC1. The molecule has 3 rings (SSSR count). The van der Waals surface area contributed by atoms with E-state index in [1.807, 2.05) is 0 Å². The molecule has 1 saturated carbocycles. The molecule has 28 heavy (non-hydrogen) atoms. The molecular formula is C18H32N6O3S. The molecule has 0 unspecified atom stereocenters. The molecule has 9 nitrogen and oxygen atoms in total. The van der Waals surface area contributed by atoms with E-state index in [1.165, 1.54) is 23.4 Å². The maximum atomic E-state index is 12.6. The van der Waals surface area contributed by atoms with Crippen LogP contribution in [0.4, 0.5) is 0 Å². The number of aromatic nitrogens is 1. The smallest absolute Gasteiger partial charge is 0.220 e. The molecule has 1 saturated heterocycles. The minimum Gasteiger partial charge on any atom is -0.364 e. The number of nitrogens with zero attached hydrogens (tertiary/aromatic N) is 5. The van der Waals surface area contributed by atoms with Crippen molar-refractivity contribution in [1.29, 1.82) is 0 Å². The lowest BCUT2D eigenvalue weighted by Gasteiger charge is -2.36. The largest absolute Gasteiger partial charge is 0.364 e. The Balaban J connectivity index is 1.46. The van der Waals surface area contributed by atoms with Crippen LogP contribution in [0.1, 0.15) is 32.4 Å². The standard InChI is InChI=1S/C18H32N6O3S/c1-15(2)24(17-4-5-17)8-7-20-18(19-3)22-9-11-23(12-10-22)28(25,26)14-16-6-13-27-21-16/h6,13,15,17H,4-5,7-12,14H2,1-3H3,(H,19,20). The molecule has 1 aromatic heterocycles. The van der Waals surface area contributed by atoms with Gasteiger partial charge in [0.05, 0.1) is 5.69 Å². The molecule has 0 amide bonds. The lowest BCUT2D eigenvalue weighted by atomic mass is 10.3. The minimum atomic E-state index is -3.39. The minimum absolute atomic E-state index is 0.122. The van der Waals surface area contributed by atoms with Crippen LogP contribution < -0.4 is 5.32 Å². The molecule has 0 atom stereocenters. The summed E-state index contributed by atoms with van der Waals surface area (Å²) in [6.07, 6.45) is 4.00. The van der Waals surface area contributed by atoms with Gasteiger partial charge in [-0.25, -0.2) is 8.42 Å². The zero-order valence-corrected chi connectivity index (χ0v) is 17.9. The van der Waals surface area contributed by atoms with Gasteiger partial charge in [0, 0.05) is 64.5 Å². The molecule has 0 spiro atoms. The van der Waals surface area contributed by atoms with Crippen molar-refractivity contribution in [3.63, 3.8) is 0 Å². The topological polar surface area (TPSA) is 94.3 Å². The van der Waals surface area contributed by atoms with E-state index in [-0.39, 0.29) is 5.75 Å². The van der Waals surface area contributed by atoms with Gasteiger partial charge in [-0.3, -0.25) is 9.89 Å². The summed E-state index contributed by atoms with van der Waals surface area (Å²) in [6.45, 7) is 8.45. The molecule has 1 aromatic rings. The average molecular weight is 413 g/mol. The number of hydrogen-bond acceptors (Lipinski definition) is 6. The third-order valence-electron chi connectivity index (χ3n) is 5.30. The van der Waals surface area contributed by atoms with Crippen molar-refractivity contribution >= 4 is 16.0 Å². The Labute approximate surface area is 167 Å². The summed E-state index contributed by atoms with van der Waals surface area (Å²) in [7, 11) is -1.61. The van der Waals surface area contributed by atoms with Crippen molar-refractivity contribution in [1.82, 2.24) is 24.6 Å². The Morgan fingerprint density at radius 1 is 1.36 bits per heavy atom. The summed E-state index contributed by atoms with van der Waals surface area (Å²) >= 11 is 0. The van der Waals surface area contributed by atoms with Crippen molar-refractivity contribution in [2.24, 2.45) is 4.99 Å². The molecule has 1 aliphatic carbocycles. The zero-order chi connectivity index (χ0) is 20.1. The number of rotatable bonds is 8. The van der Waals surface area contributed by atoms with Gasteiger partial charge in [-0.2, -0.15) is 4.31 Å². The second-order valence-corrected chi connectivity index (χ2v) is 9.64. The molecule has 158 valence electrons. The highest BCUT2D eigenvalue weighted by Gasteiger charge is 2.31. The van der Waals surface area contributed by atoms with E-state index >= 15 is 0 Å². The zero-order valence-electron chi connectivity index (χ0n) is 17.0. The third kappa shape index (κ3) is 5.45. The molecule has 1 aliphatic heterocycles. The van der Waals surface area contributed by atoms with E-state index in [0.29, 0.717) is 37.9 Å². The molecule has 10 heteroatoms. The van der Waals surface area contributed by atoms with Crippen LogP contribution in [0, 0.1) is 0 Å². The first-order valence-corrected chi connectivity index (χ1v) is 11.6. The first-order chi connectivity index (χ1) is 13.4. The third-order valence-corrected chi connectivity index (χ3v) is 7.11. The van der Waals surface area contributed by atoms with Gasteiger partial charge in [0.1, 0.15) is 12.0 Å². The van der Waals surface area contributed by atoms with Crippen LogP contribution in [0.5, 0.6) is 0 Å². The van der Waals surface area contributed by atoms with Crippen LogP contribution in [0.25, 0.3) is 0 Å². The molecule has 1 N–H and O–H groups in total. The lowest BCUT2D eigenvalue weighted by Crippen LogP contribution is -2.54. The van der Waals surface area contributed by atoms with Crippen LogP contribution in [-0.4, -0.2) is 92.0 Å². The Bertz CT molecular complexity index is 735. The highest BCUT2D eigenvalue weighted by atomic mass is 32.2. The second kappa shape index (κ2) is 9.23. The molecule has 2 fully saturated rings. The average Bonchev–Trinajstić information content (AvgIpc) is 3.38. The van der Waals surface area contributed by atoms with Crippen molar-refractivity contribution in [2.45, 2.75) is 44.5 Å². The maximum Gasteiger partial charge on any atom is 0.220 e. The molecular weight excluding hydrogens is 380 g/mol. The van der Waals surface area contributed by atoms with E-state index in [9.17, 15) is 8.42 Å². The first kappa shape index (κ1) is 21.1. The van der Waals surface area contributed by atoms with Gasteiger partial charge in [-0.15, -0.1) is 0 Å². The normalized spacial score (nSPS) is 19.6. The summed E-state index contributed by atoms with van der Waals surface area (Å²) in [5.74, 6) is 0.718. The second-order valence-electron chi connectivity index (χ2n) is 7.67. The van der Waals surface area contributed by atoms with Crippen LogP contribution in [0.15, 0.2) is 21.8 Å². The summed E-state index contributed by atoms with van der Waals surface area (Å²) < 4.78 is 31.4. The lowest BCUT2D eigenvalue weighted by molar-refractivity contribution is 0.212. The molecule has 0 aromatic carbocycles. The quantitative estimate of drug-likeness (QED) is 0.493. The van der Waals surface area contributed by atoms with Crippen LogP contribution in [0.2, 0.25) is 0 Å². The fraction of sp³-hybridized carbons (Fsp3) is 0.778. The maximum absolute atomic E-state index is 12.6. The number of piperazine rings is 1. The Hall–Kier alpha value is -1.65. The van der Waals surface area contributed by atoms with Gasteiger partial charge >= 0.3 is 0 Å². The van der Waals surface area contributed by atoms with E-state index in [4.69, 9.17) is 4.52 Å². The van der Waals surface area contributed by atoms with E-state index in [1.54, 1.807) is 13.1 Å². The molecule has 0 radical (unpaired) electrons. The fourth-order valence-corrected chi connectivity index (χ4v) is 5.09. The number of nitrogens with one attached hydrogen (secondary N) is 1. The number of hydrogen-bond donors (Lipinski definition) is 1. The Kier molecular flexibility index (Phi) is 6.95. The molecule has 0 bridgehead atoms. The summed E-state index contributed by atoms with van der Waals surface area (Å²) in [5.41, 5.74) is 0.435. The van der Waals surface area contributed by atoms with E-state index < -0.39 is 10.0 Å². The number of aliphatic imine (C=N–C) groups is 1. The van der Waals surface area contributed by atoms with Gasteiger partial charge in [-0.1, -0.05) is 5.16 Å². The number of guanidine groups is 1. The Morgan fingerprint density at radius 2 is 2.07 bits per heavy atom. The van der Waals surface area contributed by atoms with Gasteiger partial charge in [0.2, 0.25) is 10.0 Å². The predicted octanol–water partition coefficient (Wildman–Crippen LogP) is 0.570. The summed E-state index contributed by atoms with van der Waals surface area (Å²) in [5, 5.41) is 7.15. The van der Waals surface area contributed by atoms with Crippen LogP contribution >= 0.6 is 0 Å². The van der Waals surface area contributed by atoms with Crippen LogP contribution in [0.3, 0.4) is 0 Å². The highest BCUT2D eigenvalue weighted by molar-refractivity contribution is 7.88. The summed E-state index contributed by atoms with van der Waals surface area (Å²) in [6, 6.07) is 2.87. The van der Waals surface area contributed by atoms with Crippen molar-refractivity contribution < 1.29 is 12.9 Å². The number of sulfonamides is 1.